The second-order valence-corrected chi connectivity index (χ2v) is 6.32. The number of rotatable bonds is 5. The summed E-state index contributed by atoms with van der Waals surface area (Å²) in [4.78, 5) is 27.7. The average molecular weight is 340 g/mol. The van der Waals surface area contributed by atoms with Crippen LogP contribution >= 0.6 is 0 Å². The molecule has 1 aliphatic rings. The predicted octanol–water partition coefficient (Wildman–Crippen LogP) is 2.24. The molecule has 0 aliphatic heterocycles. The van der Waals surface area contributed by atoms with E-state index in [2.05, 4.69) is 10.2 Å². The zero-order chi connectivity index (χ0) is 18.1. The zero-order valence-electron chi connectivity index (χ0n) is 14.2. The number of fused-ring (bicyclic) bond motifs is 2. The molecular formula is C19H20N2O4. The van der Waals surface area contributed by atoms with Gasteiger partial charge in [-0.15, -0.1) is 0 Å². The van der Waals surface area contributed by atoms with Crippen molar-refractivity contribution >= 4 is 17.3 Å². The molecule has 6 nitrogen and oxygen atoms in total. The molecule has 1 aliphatic carbocycles. The van der Waals surface area contributed by atoms with Crippen LogP contribution in [0, 0.1) is 0 Å². The molecule has 0 amide bonds. The Morgan fingerprint density at radius 3 is 2.20 bits per heavy atom. The highest BCUT2D eigenvalue weighted by Gasteiger charge is 2.35. The Bertz CT molecular complexity index is 859. The van der Waals surface area contributed by atoms with Crippen LogP contribution in [0.4, 0.5) is 5.69 Å². The highest BCUT2D eigenvalue weighted by molar-refractivity contribution is 6.31. The summed E-state index contributed by atoms with van der Waals surface area (Å²) in [5.41, 5.74) is 0.757. The lowest BCUT2D eigenvalue weighted by Crippen LogP contribution is -2.23. The van der Waals surface area contributed by atoms with E-state index in [0.717, 1.165) is 13.0 Å². The van der Waals surface area contributed by atoms with Crippen molar-refractivity contribution in [2.75, 3.05) is 32.5 Å². The summed E-state index contributed by atoms with van der Waals surface area (Å²) in [5, 5.41) is 23.2. The van der Waals surface area contributed by atoms with Gasteiger partial charge in [0.25, 0.3) is 0 Å². The first-order chi connectivity index (χ1) is 11.9. The molecule has 0 heterocycles. The molecule has 0 saturated carbocycles. The topological polar surface area (TPSA) is 89.9 Å². The molecule has 6 heteroatoms. The Labute approximate surface area is 145 Å². The van der Waals surface area contributed by atoms with Crippen molar-refractivity contribution in [2.45, 2.75) is 6.42 Å². The fourth-order valence-corrected chi connectivity index (χ4v) is 3.05. The summed E-state index contributed by atoms with van der Waals surface area (Å²) in [7, 11) is 3.97. The van der Waals surface area contributed by atoms with Crippen LogP contribution in [0.5, 0.6) is 11.5 Å². The molecule has 2 aromatic carbocycles. The van der Waals surface area contributed by atoms with E-state index in [-0.39, 0.29) is 33.8 Å². The highest BCUT2D eigenvalue weighted by atomic mass is 16.3. The molecule has 0 saturated heterocycles. The van der Waals surface area contributed by atoms with Crippen molar-refractivity contribution in [3.8, 4) is 11.5 Å². The van der Waals surface area contributed by atoms with Gasteiger partial charge in [0, 0.05) is 17.8 Å². The van der Waals surface area contributed by atoms with Crippen LogP contribution in [0.3, 0.4) is 0 Å². The summed E-state index contributed by atoms with van der Waals surface area (Å²) in [6, 6.07) is 7.44. The number of ketones is 2. The number of phenolic OH excluding ortho intramolecular Hbond substituents is 2. The number of benzene rings is 2. The van der Waals surface area contributed by atoms with E-state index >= 15 is 0 Å². The van der Waals surface area contributed by atoms with Crippen molar-refractivity contribution in [3.05, 3.63) is 52.6 Å². The van der Waals surface area contributed by atoms with E-state index in [4.69, 9.17) is 0 Å². The fourth-order valence-electron chi connectivity index (χ4n) is 3.05. The standard InChI is InChI=1S/C19H20N2O4/c1-21(2)10-4-9-20-12-6-3-5-11-15(12)19(25)17-14(23)8-7-13(22)16(17)18(11)24/h3,5-8,20,22-23H,4,9-10H2,1-2H3. The third kappa shape index (κ3) is 2.96. The molecule has 3 rings (SSSR count). The molecule has 130 valence electrons. The van der Waals surface area contributed by atoms with Crippen molar-refractivity contribution in [1.29, 1.82) is 0 Å². The molecule has 25 heavy (non-hydrogen) atoms. The minimum Gasteiger partial charge on any atom is -0.507 e. The van der Waals surface area contributed by atoms with Gasteiger partial charge < -0.3 is 20.4 Å². The highest BCUT2D eigenvalue weighted by Crippen LogP contribution is 2.39. The monoisotopic (exact) mass is 340 g/mol. The van der Waals surface area contributed by atoms with E-state index in [0.29, 0.717) is 12.2 Å². The Morgan fingerprint density at radius 1 is 0.920 bits per heavy atom. The molecule has 0 unspecified atom stereocenters. The van der Waals surface area contributed by atoms with Gasteiger partial charge in [-0.1, -0.05) is 12.1 Å². The van der Waals surface area contributed by atoms with Gasteiger partial charge in [-0.05, 0) is 45.3 Å². The fraction of sp³-hybridized carbons (Fsp3) is 0.263. The predicted molar refractivity (Wildman–Crippen MR) is 94.7 cm³/mol. The minimum absolute atomic E-state index is 0.137. The number of nitrogens with one attached hydrogen (secondary N) is 1. The SMILES string of the molecule is CN(C)CCCNc1cccc2c1C(=O)c1c(O)ccc(O)c1C2=O. The van der Waals surface area contributed by atoms with E-state index < -0.39 is 11.6 Å². The van der Waals surface area contributed by atoms with Crippen molar-refractivity contribution < 1.29 is 19.8 Å². The van der Waals surface area contributed by atoms with Crippen molar-refractivity contribution in [3.63, 3.8) is 0 Å². The summed E-state index contributed by atoms with van der Waals surface area (Å²) in [6.45, 7) is 1.54. The maximum Gasteiger partial charge on any atom is 0.200 e. The van der Waals surface area contributed by atoms with E-state index in [1.165, 1.54) is 12.1 Å². The van der Waals surface area contributed by atoms with E-state index in [1.54, 1.807) is 18.2 Å². The first kappa shape index (κ1) is 17.0. The largest absolute Gasteiger partial charge is 0.507 e. The van der Waals surface area contributed by atoms with Gasteiger partial charge >= 0.3 is 0 Å². The van der Waals surface area contributed by atoms with Crippen LogP contribution in [-0.4, -0.2) is 53.9 Å². The van der Waals surface area contributed by atoms with Gasteiger partial charge in [0.05, 0.1) is 16.7 Å². The quantitative estimate of drug-likeness (QED) is 0.487. The number of hydrogen-bond acceptors (Lipinski definition) is 6. The third-order valence-electron chi connectivity index (χ3n) is 4.25. The minimum atomic E-state index is -0.464. The van der Waals surface area contributed by atoms with Gasteiger partial charge in [0.15, 0.2) is 11.6 Å². The average Bonchev–Trinajstić information content (AvgIpc) is 2.58. The number of carbonyl (C=O) groups is 2. The smallest absolute Gasteiger partial charge is 0.200 e. The van der Waals surface area contributed by atoms with Crippen LogP contribution in [-0.2, 0) is 0 Å². The summed E-state index contributed by atoms with van der Waals surface area (Å²) in [6.07, 6.45) is 0.876. The Morgan fingerprint density at radius 2 is 1.56 bits per heavy atom. The van der Waals surface area contributed by atoms with Crippen LogP contribution < -0.4 is 5.32 Å². The zero-order valence-corrected chi connectivity index (χ0v) is 14.2. The molecule has 0 bridgehead atoms. The maximum atomic E-state index is 12.9. The Balaban J connectivity index is 2.00. The number of nitrogens with zero attached hydrogens (tertiary/aromatic N) is 1. The molecule has 0 atom stereocenters. The van der Waals surface area contributed by atoms with Gasteiger partial charge in [0.2, 0.25) is 0 Å². The van der Waals surface area contributed by atoms with Crippen LogP contribution in [0.2, 0.25) is 0 Å². The molecule has 3 N–H and O–H groups in total. The second-order valence-electron chi connectivity index (χ2n) is 6.32. The lowest BCUT2D eigenvalue weighted by atomic mass is 9.82. The second kappa shape index (κ2) is 6.57. The summed E-state index contributed by atoms with van der Waals surface area (Å²) < 4.78 is 0. The lowest BCUT2D eigenvalue weighted by Gasteiger charge is -2.22. The van der Waals surface area contributed by atoms with Crippen molar-refractivity contribution in [1.82, 2.24) is 4.90 Å². The molecule has 0 aromatic heterocycles. The molecule has 0 radical (unpaired) electrons. The number of hydrogen-bond donors (Lipinski definition) is 3. The Hall–Kier alpha value is -2.86. The molecule has 0 spiro atoms. The van der Waals surface area contributed by atoms with Crippen LogP contribution in [0.15, 0.2) is 30.3 Å². The van der Waals surface area contributed by atoms with E-state index in [1.807, 2.05) is 14.1 Å². The summed E-state index contributed by atoms with van der Waals surface area (Å²) in [5.74, 6) is -1.54. The Kier molecular flexibility index (Phi) is 4.46. The first-order valence-electron chi connectivity index (χ1n) is 8.07. The summed E-state index contributed by atoms with van der Waals surface area (Å²) >= 11 is 0. The normalized spacial score (nSPS) is 12.9. The number of carbonyl (C=O) groups excluding carboxylic acids is 2. The van der Waals surface area contributed by atoms with Crippen LogP contribution in [0.25, 0.3) is 0 Å². The first-order valence-corrected chi connectivity index (χ1v) is 8.07. The van der Waals surface area contributed by atoms with Crippen LogP contribution in [0.1, 0.15) is 38.3 Å². The molecule has 2 aromatic rings. The van der Waals surface area contributed by atoms with Gasteiger partial charge in [0.1, 0.15) is 11.5 Å². The van der Waals surface area contributed by atoms with E-state index in [9.17, 15) is 19.8 Å². The number of aromatic hydroxyl groups is 2. The van der Waals surface area contributed by atoms with Gasteiger partial charge in [-0.25, -0.2) is 0 Å². The van der Waals surface area contributed by atoms with Crippen molar-refractivity contribution in [2.24, 2.45) is 0 Å². The number of anilines is 1. The van der Waals surface area contributed by atoms with Gasteiger partial charge in [-0.3, -0.25) is 9.59 Å². The lowest BCUT2D eigenvalue weighted by molar-refractivity contribution is 0.0974. The molecule has 0 fully saturated rings. The maximum absolute atomic E-state index is 12.9. The van der Waals surface area contributed by atoms with Gasteiger partial charge in [-0.2, -0.15) is 0 Å². The molecular weight excluding hydrogens is 320 g/mol. The number of phenols is 2. The third-order valence-corrected chi connectivity index (χ3v) is 4.25.